The molecule has 14 heteroatoms. The molecule has 2 N–H and O–H groups in total. The van der Waals surface area contributed by atoms with E-state index >= 15 is 0 Å². The van der Waals surface area contributed by atoms with Crippen LogP contribution in [0.4, 0.5) is 15.4 Å². The Labute approximate surface area is 293 Å². The van der Waals surface area contributed by atoms with E-state index in [0.29, 0.717) is 64.0 Å². The minimum atomic E-state index is -0.643. The molecule has 13 nitrogen and oxygen atoms in total. The van der Waals surface area contributed by atoms with Crippen molar-refractivity contribution < 1.29 is 33.7 Å². The number of nitrogens with one attached hydrogen (secondary N) is 1. The van der Waals surface area contributed by atoms with Crippen LogP contribution in [0.2, 0.25) is 0 Å². The molecule has 2 heterocycles. The molecule has 0 spiro atoms. The molecule has 0 aliphatic carbocycles. The van der Waals surface area contributed by atoms with E-state index in [2.05, 4.69) is 10.3 Å². The second kappa shape index (κ2) is 19.0. The van der Waals surface area contributed by atoms with Gasteiger partial charge >= 0.3 is 17.9 Å². The lowest BCUT2D eigenvalue weighted by atomic mass is 10.1. The Hall–Kier alpha value is -3.62. The van der Waals surface area contributed by atoms with Gasteiger partial charge in [0.1, 0.15) is 28.7 Å². The molecule has 0 radical (unpaired) electrons. The van der Waals surface area contributed by atoms with Crippen LogP contribution >= 0.6 is 11.8 Å². The molecule has 1 saturated heterocycles. The van der Waals surface area contributed by atoms with Crippen molar-refractivity contribution in [3.63, 3.8) is 0 Å². The lowest BCUT2D eigenvalue weighted by Gasteiger charge is -2.29. The van der Waals surface area contributed by atoms with E-state index in [1.807, 2.05) is 71.9 Å². The van der Waals surface area contributed by atoms with Gasteiger partial charge in [0, 0.05) is 44.5 Å². The highest BCUT2D eigenvalue weighted by Crippen LogP contribution is 2.30. The Bertz CT molecular complexity index is 1410. The highest BCUT2D eigenvalue weighted by Gasteiger charge is 2.28. The van der Waals surface area contributed by atoms with Crippen LogP contribution in [0.25, 0.3) is 0 Å². The van der Waals surface area contributed by atoms with Gasteiger partial charge in [0.25, 0.3) is 0 Å². The fourth-order valence-electron chi connectivity index (χ4n) is 4.95. The number of aliphatic hydroxyl groups is 1. The summed E-state index contributed by atoms with van der Waals surface area (Å²) in [4.78, 5) is 58.4. The highest BCUT2D eigenvalue weighted by molar-refractivity contribution is 8.00. The Morgan fingerprint density at radius 1 is 0.918 bits per heavy atom. The molecule has 0 bridgehead atoms. The number of thioether (sulfide) groups is 1. The van der Waals surface area contributed by atoms with Crippen LogP contribution in [-0.2, 0) is 25.5 Å². The minimum Gasteiger partial charge on any atom is -0.444 e. The largest absolute Gasteiger partial charge is 0.444 e. The van der Waals surface area contributed by atoms with Crippen molar-refractivity contribution in [2.24, 2.45) is 0 Å². The normalized spacial score (nSPS) is 16.2. The van der Waals surface area contributed by atoms with Gasteiger partial charge < -0.3 is 34.4 Å². The Kier molecular flexibility index (Phi) is 15.4. The van der Waals surface area contributed by atoms with Crippen molar-refractivity contribution >= 4 is 35.7 Å². The third kappa shape index (κ3) is 14.8. The first-order valence-electron chi connectivity index (χ1n) is 16.9. The molecule has 3 amide bonds. The summed E-state index contributed by atoms with van der Waals surface area (Å²) in [5, 5.41) is 11.9. The molecule has 2 atom stereocenters. The van der Waals surface area contributed by atoms with E-state index in [-0.39, 0.29) is 36.3 Å². The number of carbonyl (C=O) groups excluding carboxylic acids is 3. The fraction of sp³-hybridized carbons (Fsp3) is 0.629. The average Bonchev–Trinajstić information content (AvgIpc) is 3.49. The van der Waals surface area contributed by atoms with Gasteiger partial charge in [0.15, 0.2) is 0 Å². The van der Waals surface area contributed by atoms with Gasteiger partial charge in [0.05, 0.1) is 6.61 Å². The van der Waals surface area contributed by atoms with Crippen LogP contribution in [0.5, 0.6) is 0 Å². The third-order valence-corrected chi connectivity index (χ3v) is 8.36. The van der Waals surface area contributed by atoms with Crippen LogP contribution < -0.4 is 11.0 Å². The Morgan fingerprint density at radius 2 is 1.51 bits per heavy atom. The maximum Gasteiger partial charge on any atom is 0.410 e. The molecule has 1 aliphatic rings. The highest BCUT2D eigenvalue weighted by atomic mass is 32.2. The van der Waals surface area contributed by atoms with Crippen molar-refractivity contribution in [2.75, 3.05) is 37.3 Å². The van der Waals surface area contributed by atoms with Gasteiger partial charge in [-0.3, -0.25) is 9.36 Å². The van der Waals surface area contributed by atoms with Crippen LogP contribution in [0.1, 0.15) is 91.9 Å². The number of anilines is 1. The number of unbranched alkanes of at least 4 members (excludes halogenated alkanes) is 3. The number of aromatic nitrogens is 2. The van der Waals surface area contributed by atoms with Crippen molar-refractivity contribution in [1.29, 1.82) is 0 Å². The summed E-state index contributed by atoms with van der Waals surface area (Å²) in [7, 11) is 0. The number of hydrogen-bond donors (Lipinski definition) is 2. The summed E-state index contributed by atoms with van der Waals surface area (Å²) in [5.41, 5.74) is -1.17. The second-order valence-electron chi connectivity index (χ2n) is 14.0. The van der Waals surface area contributed by atoms with Crippen molar-refractivity contribution in [3.8, 4) is 0 Å². The smallest absolute Gasteiger partial charge is 0.410 e. The number of ether oxygens (including phenoxy) is 3. The SMILES string of the molecule is CC(C)(C)OC(=O)N(CCCCCC(=O)Nc1ccn([C@@H]2CS[C@@H](CO)O2)c(=O)n1)CCCCN(Cc1ccccc1)C(=O)OC(C)(C)C. The summed E-state index contributed by atoms with van der Waals surface area (Å²) in [6.45, 7) is 12.7. The average molecular weight is 704 g/mol. The fourth-order valence-corrected chi connectivity index (χ4v) is 5.88. The number of carbonyl (C=O) groups is 3. The van der Waals surface area contributed by atoms with E-state index in [1.54, 1.807) is 15.9 Å². The molecular formula is C35H53N5O8S. The summed E-state index contributed by atoms with van der Waals surface area (Å²) in [5.74, 6) is 0.429. The minimum absolute atomic E-state index is 0.137. The molecule has 1 aromatic carbocycles. The zero-order valence-electron chi connectivity index (χ0n) is 29.7. The number of nitrogens with zero attached hydrogens (tertiary/aromatic N) is 4. The zero-order valence-corrected chi connectivity index (χ0v) is 30.5. The quantitative estimate of drug-likeness (QED) is 0.206. The predicted molar refractivity (Wildman–Crippen MR) is 189 cm³/mol. The first-order chi connectivity index (χ1) is 23.1. The Balaban J connectivity index is 1.46. The predicted octanol–water partition coefficient (Wildman–Crippen LogP) is 5.78. The number of benzene rings is 1. The molecule has 1 fully saturated rings. The van der Waals surface area contributed by atoms with Gasteiger partial charge in [-0.05, 0) is 78.9 Å². The maximum absolute atomic E-state index is 13.0. The van der Waals surface area contributed by atoms with Gasteiger partial charge in [-0.2, -0.15) is 4.98 Å². The van der Waals surface area contributed by atoms with Gasteiger partial charge in [-0.15, -0.1) is 11.8 Å². The number of hydrogen-bond acceptors (Lipinski definition) is 10. The molecular weight excluding hydrogens is 650 g/mol. The first kappa shape index (κ1) is 39.8. The maximum atomic E-state index is 13.0. The monoisotopic (exact) mass is 703 g/mol. The molecule has 3 rings (SSSR count). The Morgan fingerprint density at radius 3 is 2.08 bits per heavy atom. The number of aliphatic hydroxyl groups excluding tert-OH is 1. The van der Waals surface area contributed by atoms with Crippen LogP contribution in [-0.4, -0.2) is 91.2 Å². The third-order valence-electron chi connectivity index (χ3n) is 7.25. The van der Waals surface area contributed by atoms with E-state index in [0.717, 1.165) is 5.56 Å². The molecule has 2 aromatic rings. The van der Waals surface area contributed by atoms with Crippen LogP contribution in [0.3, 0.4) is 0 Å². The molecule has 1 aromatic heterocycles. The zero-order chi connectivity index (χ0) is 36.0. The lowest BCUT2D eigenvalue weighted by molar-refractivity contribution is -0.116. The standard InChI is InChI=1S/C35H53N5O8S/c1-34(2,3)47-32(44)38(20-13-14-21-39(33(45)48-35(4,5)6)23-26-15-9-7-10-16-26)19-12-8-11-17-28(42)36-27-18-22-40(31(43)37-27)29-25-49-30(24-41)46-29/h7,9-10,15-16,18,22,29-30,41H,8,11-14,17,19-21,23-25H2,1-6H3,(H,36,37,42,43)/t29-,30-/m0/s1. The molecule has 0 unspecified atom stereocenters. The number of rotatable bonds is 16. The summed E-state index contributed by atoms with van der Waals surface area (Å²) in [6.07, 6.45) is 3.77. The first-order valence-corrected chi connectivity index (χ1v) is 17.9. The summed E-state index contributed by atoms with van der Waals surface area (Å²) < 4.78 is 18.3. The molecule has 0 saturated carbocycles. The van der Waals surface area contributed by atoms with Gasteiger partial charge in [-0.1, -0.05) is 36.8 Å². The van der Waals surface area contributed by atoms with Crippen LogP contribution in [0.15, 0.2) is 47.4 Å². The van der Waals surface area contributed by atoms with Gasteiger partial charge in [0.2, 0.25) is 5.91 Å². The topological polar surface area (TPSA) is 153 Å². The van der Waals surface area contributed by atoms with Crippen molar-refractivity contribution in [1.82, 2.24) is 19.4 Å². The summed E-state index contributed by atoms with van der Waals surface area (Å²) in [6, 6.07) is 11.3. The van der Waals surface area contributed by atoms with E-state index < -0.39 is 29.2 Å². The van der Waals surface area contributed by atoms with E-state index in [9.17, 15) is 24.3 Å². The molecule has 49 heavy (non-hydrogen) atoms. The lowest BCUT2D eigenvalue weighted by Crippen LogP contribution is -2.39. The molecule has 1 aliphatic heterocycles. The van der Waals surface area contributed by atoms with Crippen molar-refractivity contribution in [3.05, 3.63) is 58.6 Å². The van der Waals surface area contributed by atoms with E-state index in [4.69, 9.17) is 14.2 Å². The second-order valence-corrected chi connectivity index (χ2v) is 15.2. The number of amides is 3. The van der Waals surface area contributed by atoms with E-state index in [1.165, 1.54) is 22.5 Å². The van der Waals surface area contributed by atoms with Crippen LogP contribution in [0, 0.1) is 0 Å². The van der Waals surface area contributed by atoms with Crippen molar-refractivity contribution in [2.45, 2.75) is 109 Å². The molecule has 272 valence electrons. The van der Waals surface area contributed by atoms with Gasteiger partial charge in [-0.25, -0.2) is 14.4 Å². The summed E-state index contributed by atoms with van der Waals surface area (Å²) >= 11 is 1.42.